The first-order valence-corrected chi connectivity index (χ1v) is 6.37. The highest BCUT2D eigenvalue weighted by atomic mass is 16.5. The summed E-state index contributed by atoms with van der Waals surface area (Å²) >= 11 is 0. The predicted molar refractivity (Wildman–Crippen MR) is 72.9 cm³/mol. The number of amides is 1. The number of morpholine rings is 1. The van der Waals surface area contributed by atoms with E-state index in [0.717, 1.165) is 23.5 Å². The fourth-order valence-electron chi connectivity index (χ4n) is 2.32. The molecular weight excluding hydrogens is 244 g/mol. The van der Waals surface area contributed by atoms with Crippen molar-refractivity contribution in [3.05, 3.63) is 23.4 Å². The lowest BCUT2D eigenvalue weighted by Gasteiger charge is -2.35. The Bertz CT molecular complexity index is 464. The van der Waals surface area contributed by atoms with Gasteiger partial charge in [0, 0.05) is 19.3 Å². The number of ether oxygens (including phenoxy) is 1. The number of aryl methyl sites for hydroxylation is 1. The first-order valence-electron chi connectivity index (χ1n) is 6.37. The number of anilines is 1. The normalized spacial score (nSPS) is 19.5. The minimum atomic E-state index is -0.435. The van der Waals surface area contributed by atoms with Gasteiger partial charge in [0.1, 0.15) is 11.9 Å². The first kappa shape index (κ1) is 13.8. The summed E-state index contributed by atoms with van der Waals surface area (Å²) in [6.07, 6.45) is 1.83. The predicted octanol–water partition coefficient (Wildman–Crippen LogP) is -0.200. The summed E-state index contributed by atoms with van der Waals surface area (Å²) < 4.78 is 5.32. The fraction of sp³-hybridized carbons (Fsp3) is 0.538. The van der Waals surface area contributed by atoms with Crippen molar-refractivity contribution in [3.8, 4) is 0 Å². The third-order valence-corrected chi connectivity index (χ3v) is 3.22. The summed E-state index contributed by atoms with van der Waals surface area (Å²) in [6, 6.07) is 1.64. The van der Waals surface area contributed by atoms with Crippen molar-refractivity contribution in [1.82, 2.24) is 10.3 Å². The third kappa shape index (κ3) is 3.02. The number of nitrogens with two attached hydrogens (primary N) is 1. The lowest BCUT2D eigenvalue weighted by atomic mass is 10.1. The van der Waals surface area contributed by atoms with Crippen LogP contribution in [0.3, 0.4) is 0 Å². The number of carbonyl (C=O) groups excluding carboxylic acids is 1. The Balaban J connectivity index is 2.26. The van der Waals surface area contributed by atoms with Crippen LogP contribution < -0.4 is 16.0 Å². The van der Waals surface area contributed by atoms with E-state index in [1.54, 1.807) is 0 Å². The van der Waals surface area contributed by atoms with E-state index in [9.17, 15) is 4.79 Å². The van der Waals surface area contributed by atoms with Crippen LogP contribution in [0, 0.1) is 6.92 Å². The van der Waals surface area contributed by atoms with E-state index < -0.39 is 6.04 Å². The van der Waals surface area contributed by atoms with Crippen LogP contribution in [0.5, 0.6) is 0 Å². The minimum Gasteiger partial charge on any atom is -0.377 e. The van der Waals surface area contributed by atoms with Gasteiger partial charge in [-0.15, -0.1) is 0 Å². The van der Waals surface area contributed by atoms with E-state index in [-0.39, 0.29) is 5.91 Å². The molecule has 19 heavy (non-hydrogen) atoms. The van der Waals surface area contributed by atoms with Crippen LogP contribution in [0.15, 0.2) is 12.3 Å². The summed E-state index contributed by atoms with van der Waals surface area (Å²) in [5.74, 6) is 0.437. The van der Waals surface area contributed by atoms with Gasteiger partial charge in [-0.1, -0.05) is 0 Å². The Kier molecular flexibility index (Phi) is 4.34. The molecule has 1 amide bonds. The van der Waals surface area contributed by atoms with Gasteiger partial charge < -0.3 is 20.7 Å². The molecule has 1 aliphatic heterocycles. The molecule has 1 aromatic rings. The van der Waals surface area contributed by atoms with E-state index in [0.29, 0.717) is 19.8 Å². The topological polar surface area (TPSA) is 80.5 Å². The molecule has 1 aromatic heterocycles. The Hall–Kier alpha value is -1.66. The van der Waals surface area contributed by atoms with Crippen LogP contribution in [0.1, 0.15) is 11.1 Å². The number of nitrogens with one attached hydrogen (secondary N) is 1. The number of hydrogen-bond donors (Lipinski definition) is 2. The quantitative estimate of drug-likeness (QED) is 0.787. The highest BCUT2D eigenvalue weighted by Gasteiger charge is 2.29. The molecule has 0 spiro atoms. The Labute approximate surface area is 112 Å². The molecule has 1 aliphatic rings. The summed E-state index contributed by atoms with van der Waals surface area (Å²) in [7, 11) is 1.90. The van der Waals surface area contributed by atoms with Crippen LogP contribution in [0.4, 0.5) is 5.82 Å². The molecule has 2 rings (SSSR count). The van der Waals surface area contributed by atoms with Crippen molar-refractivity contribution in [1.29, 1.82) is 0 Å². The number of rotatable bonds is 4. The van der Waals surface area contributed by atoms with Gasteiger partial charge in [-0.25, -0.2) is 4.98 Å². The molecular formula is C13H20N4O2. The van der Waals surface area contributed by atoms with E-state index in [1.807, 2.05) is 25.1 Å². The van der Waals surface area contributed by atoms with Gasteiger partial charge in [0.25, 0.3) is 0 Å². The monoisotopic (exact) mass is 264 g/mol. The van der Waals surface area contributed by atoms with Gasteiger partial charge in [0.2, 0.25) is 5.91 Å². The van der Waals surface area contributed by atoms with Crippen LogP contribution in [-0.4, -0.2) is 43.7 Å². The van der Waals surface area contributed by atoms with Crippen molar-refractivity contribution < 1.29 is 9.53 Å². The minimum absolute atomic E-state index is 0.328. The zero-order chi connectivity index (χ0) is 13.8. The molecule has 0 bridgehead atoms. The molecule has 0 saturated carbocycles. The van der Waals surface area contributed by atoms with Gasteiger partial charge in [-0.3, -0.25) is 4.79 Å². The summed E-state index contributed by atoms with van der Waals surface area (Å²) in [5.41, 5.74) is 7.58. The average Bonchev–Trinajstić information content (AvgIpc) is 2.39. The van der Waals surface area contributed by atoms with Gasteiger partial charge in [-0.05, 0) is 31.2 Å². The molecule has 2 heterocycles. The van der Waals surface area contributed by atoms with Crippen molar-refractivity contribution in [2.24, 2.45) is 5.73 Å². The highest BCUT2D eigenvalue weighted by molar-refractivity contribution is 5.84. The number of hydrogen-bond acceptors (Lipinski definition) is 5. The molecule has 6 nitrogen and oxygen atoms in total. The van der Waals surface area contributed by atoms with Crippen LogP contribution in [-0.2, 0) is 16.1 Å². The van der Waals surface area contributed by atoms with Crippen molar-refractivity contribution in [3.63, 3.8) is 0 Å². The maximum Gasteiger partial charge on any atom is 0.242 e. The van der Waals surface area contributed by atoms with Crippen molar-refractivity contribution in [2.75, 3.05) is 31.7 Å². The first-order chi connectivity index (χ1) is 9.13. The van der Waals surface area contributed by atoms with Crippen LogP contribution >= 0.6 is 0 Å². The lowest BCUT2D eigenvalue weighted by Crippen LogP contribution is -2.53. The lowest BCUT2D eigenvalue weighted by molar-refractivity contribution is -0.121. The van der Waals surface area contributed by atoms with Crippen molar-refractivity contribution in [2.45, 2.75) is 19.5 Å². The van der Waals surface area contributed by atoms with Gasteiger partial charge in [0.05, 0.1) is 13.2 Å². The van der Waals surface area contributed by atoms with E-state index in [1.165, 1.54) is 0 Å². The molecule has 104 valence electrons. The average molecular weight is 264 g/mol. The smallest absolute Gasteiger partial charge is 0.242 e. The summed E-state index contributed by atoms with van der Waals surface area (Å²) in [5, 5.41) is 3.09. The molecule has 6 heteroatoms. The Morgan fingerprint density at radius 3 is 3.11 bits per heavy atom. The molecule has 1 unspecified atom stereocenters. The molecule has 0 aromatic carbocycles. The third-order valence-electron chi connectivity index (χ3n) is 3.22. The molecule has 1 fully saturated rings. The standard InChI is InChI=1S/C13H20N4O2/c1-9-5-10(6-15-2)7-16-13(9)17-3-4-19-8-11(17)12(14)18/h5,7,11,15H,3-4,6,8H2,1-2H3,(H2,14,18). The molecule has 0 aliphatic carbocycles. The van der Waals surface area contributed by atoms with Crippen molar-refractivity contribution >= 4 is 11.7 Å². The number of pyridine rings is 1. The SMILES string of the molecule is CNCc1cnc(N2CCOCC2C(N)=O)c(C)c1. The second kappa shape index (κ2) is 5.99. The summed E-state index contributed by atoms with van der Waals surface area (Å²) in [6.45, 7) is 4.32. The molecule has 3 N–H and O–H groups in total. The number of nitrogens with zero attached hydrogens (tertiary/aromatic N) is 2. The molecule has 1 saturated heterocycles. The zero-order valence-corrected chi connectivity index (χ0v) is 11.3. The second-order valence-corrected chi connectivity index (χ2v) is 4.70. The molecule has 1 atom stereocenters. The van der Waals surface area contributed by atoms with Gasteiger partial charge in [0.15, 0.2) is 0 Å². The maximum absolute atomic E-state index is 11.5. The fourth-order valence-corrected chi connectivity index (χ4v) is 2.32. The maximum atomic E-state index is 11.5. The second-order valence-electron chi connectivity index (χ2n) is 4.70. The van der Waals surface area contributed by atoms with E-state index in [4.69, 9.17) is 10.5 Å². The largest absolute Gasteiger partial charge is 0.377 e. The summed E-state index contributed by atoms with van der Waals surface area (Å²) in [4.78, 5) is 17.9. The Morgan fingerprint density at radius 2 is 2.47 bits per heavy atom. The zero-order valence-electron chi connectivity index (χ0n) is 11.3. The van der Waals surface area contributed by atoms with Crippen LogP contribution in [0.25, 0.3) is 0 Å². The van der Waals surface area contributed by atoms with Crippen LogP contribution in [0.2, 0.25) is 0 Å². The number of primary amides is 1. The highest BCUT2D eigenvalue weighted by Crippen LogP contribution is 2.22. The number of carbonyl (C=O) groups is 1. The van der Waals surface area contributed by atoms with Gasteiger partial charge >= 0.3 is 0 Å². The van der Waals surface area contributed by atoms with Gasteiger partial charge in [-0.2, -0.15) is 0 Å². The van der Waals surface area contributed by atoms with E-state index in [2.05, 4.69) is 16.4 Å². The van der Waals surface area contributed by atoms with E-state index >= 15 is 0 Å². The molecule has 0 radical (unpaired) electrons. The Morgan fingerprint density at radius 1 is 1.68 bits per heavy atom. The number of aromatic nitrogens is 1.